The Kier molecular flexibility index (Phi) is 3.19. The summed E-state index contributed by atoms with van der Waals surface area (Å²) in [4.78, 5) is 9.86. The molecule has 2 rings (SSSR count). The SMILES string of the molecule is Cc1ccnc(Nc2ncc(C(C)C)s2)c1. The molecule has 0 aliphatic rings. The molecular weight excluding hydrogens is 218 g/mol. The predicted octanol–water partition coefficient (Wildman–Crippen LogP) is 3.71. The number of hydrogen-bond donors (Lipinski definition) is 1. The third kappa shape index (κ3) is 2.58. The van der Waals surface area contributed by atoms with Crippen LogP contribution < -0.4 is 5.32 Å². The summed E-state index contributed by atoms with van der Waals surface area (Å²) in [5.74, 6) is 1.38. The van der Waals surface area contributed by atoms with Gasteiger partial charge in [0.1, 0.15) is 5.82 Å². The van der Waals surface area contributed by atoms with E-state index < -0.39 is 0 Å². The minimum absolute atomic E-state index is 0.526. The van der Waals surface area contributed by atoms with Crippen LogP contribution in [-0.2, 0) is 0 Å². The van der Waals surface area contributed by atoms with Crippen LogP contribution in [0.1, 0.15) is 30.2 Å². The highest BCUT2D eigenvalue weighted by atomic mass is 32.1. The van der Waals surface area contributed by atoms with E-state index >= 15 is 0 Å². The highest BCUT2D eigenvalue weighted by Crippen LogP contribution is 2.26. The van der Waals surface area contributed by atoms with Gasteiger partial charge >= 0.3 is 0 Å². The standard InChI is InChI=1S/C12H15N3S/c1-8(2)10-7-14-12(16-10)15-11-6-9(3)4-5-13-11/h4-8H,1-3H3,(H,13,14,15). The molecule has 2 aromatic heterocycles. The molecule has 4 heteroatoms. The molecular formula is C12H15N3S. The molecule has 0 unspecified atom stereocenters. The number of rotatable bonds is 3. The topological polar surface area (TPSA) is 37.8 Å². The second-order valence-electron chi connectivity index (χ2n) is 4.07. The lowest BCUT2D eigenvalue weighted by atomic mass is 10.2. The average Bonchev–Trinajstić information content (AvgIpc) is 2.66. The fraction of sp³-hybridized carbons (Fsp3) is 0.333. The molecule has 0 bridgehead atoms. The number of aromatic nitrogens is 2. The van der Waals surface area contributed by atoms with Crippen molar-refractivity contribution in [3.05, 3.63) is 35.0 Å². The van der Waals surface area contributed by atoms with Gasteiger partial charge in [0.15, 0.2) is 5.13 Å². The van der Waals surface area contributed by atoms with Gasteiger partial charge < -0.3 is 5.32 Å². The maximum Gasteiger partial charge on any atom is 0.188 e. The minimum atomic E-state index is 0.526. The van der Waals surface area contributed by atoms with E-state index in [1.54, 1.807) is 17.5 Å². The van der Waals surface area contributed by atoms with Crippen LogP contribution >= 0.6 is 11.3 Å². The van der Waals surface area contributed by atoms with Crippen molar-refractivity contribution in [2.24, 2.45) is 0 Å². The molecule has 0 atom stereocenters. The zero-order valence-electron chi connectivity index (χ0n) is 9.69. The van der Waals surface area contributed by atoms with Crippen LogP contribution in [0, 0.1) is 6.92 Å². The summed E-state index contributed by atoms with van der Waals surface area (Å²) in [5.41, 5.74) is 1.19. The quantitative estimate of drug-likeness (QED) is 0.878. The number of aryl methyl sites for hydroxylation is 1. The van der Waals surface area contributed by atoms with Gasteiger partial charge in [-0.25, -0.2) is 9.97 Å². The summed E-state index contributed by atoms with van der Waals surface area (Å²) < 4.78 is 0. The molecule has 2 aromatic rings. The molecule has 0 fully saturated rings. The zero-order chi connectivity index (χ0) is 11.5. The second-order valence-corrected chi connectivity index (χ2v) is 5.13. The molecule has 0 amide bonds. The molecule has 0 saturated heterocycles. The van der Waals surface area contributed by atoms with Gasteiger partial charge in [-0.3, -0.25) is 0 Å². The monoisotopic (exact) mass is 233 g/mol. The Bertz CT molecular complexity index is 477. The summed E-state index contributed by atoms with van der Waals surface area (Å²) in [6.45, 7) is 6.39. The fourth-order valence-corrected chi connectivity index (χ4v) is 2.15. The normalized spacial score (nSPS) is 10.8. The molecule has 3 nitrogen and oxygen atoms in total. The molecule has 84 valence electrons. The van der Waals surface area contributed by atoms with E-state index in [0.717, 1.165) is 10.9 Å². The smallest absolute Gasteiger partial charge is 0.188 e. The van der Waals surface area contributed by atoms with E-state index in [1.165, 1.54) is 10.4 Å². The van der Waals surface area contributed by atoms with Gasteiger partial charge in [-0.2, -0.15) is 0 Å². The van der Waals surface area contributed by atoms with Crippen molar-refractivity contribution in [3.8, 4) is 0 Å². The molecule has 0 spiro atoms. The van der Waals surface area contributed by atoms with Crippen molar-refractivity contribution in [2.75, 3.05) is 5.32 Å². The van der Waals surface area contributed by atoms with E-state index in [0.29, 0.717) is 5.92 Å². The van der Waals surface area contributed by atoms with Crippen LogP contribution in [0.4, 0.5) is 10.9 Å². The van der Waals surface area contributed by atoms with Crippen molar-refractivity contribution in [1.29, 1.82) is 0 Å². The molecule has 0 radical (unpaired) electrons. The Morgan fingerprint density at radius 1 is 1.31 bits per heavy atom. The van der Waals surface area contributed by atoms with E-state index in [-0.39, 0.29) is 0 Å². The third-order valence-electron chi connectivity index (χ3n) is 2.24. The highest BCUT2D eigenvalue weighted by Gasteiger charge is 2.05. The van der Waals surface area contributed by atoms with Gasteiger partial charge in [0.2, 0.25) is 0 Å². The third-order valence-corrected chi connectivity index (χ3v) is 3.46. The van der Waals surface area contributed by atoms with Gasteiger partial charge in [-0.05, 0) is 30.5 Å². The molecule has 0 saturated carbocycles. The molecule has 1 N–H and O–H groups in total. The Morgan fingerprint density at radius 3 is 2.75 bits per heavy atom. The van der Waals surface area contributed by atoms with E-state index in [2.05, 4.69) is 29.1 Å². The molecule has 0 aromatic carbocycles. The van der Waals surface area contributed by atoms with Crippen LogP contribution in [0.2, 0.25) is 0 Å². The molecule has 0 aliphatic heterocycles. The lowest BCUT2D eigenvalue weighted by Gasteiger charge is -2.01. The first-order chi connectivity index (χ1) is 7.65. The second kappa shape index (κ2) is 4.61. The Hall–Kier alpha value is -1.42. The molecule has 2 heterocycles. The van der Waals surface area contributed by atoms with Crippen molar-refractivity contribution in [3.63, 3.8) is 0 Å². The summed E-state index contributed by atoms with van der Waals surface area (Å²) in [6, 6.07) is 3.99. The van der Waals surface area contributed by atoms with Crippen molar-refractivity contribution >= 4 is 22.3 Å². The van der Waals surface area contributed by atoms with Crippen molar-refractivity contribution in [1.82, 2.24) is 9.97 Å². The largest absolute Gasteiger partial charge is 0.316 e. The van der Waals surface area contributed by atoms with Crippen molar-refractivity contribution < 1.29 is 0 Å². The summed E-state index contributed by atoms with van der Waals surface area (Å²) in [6.07, 6.45) is 3.72. The fourth-order valence-electron chi connectivity index (χ4n) is 1.33. The average molecular weight is 233 g/mol. The number of pyridine rings is 1. The Morgan fingerprint density at radius 2 is 2.12 bits per heavy atom. The maximum atomic E-state index is 4.33. The highest BCUT2D eigenvalue weighted by molar-refractivity contribution is 7.15. The first-order valence-corrected chi connectivity index (χ1v) is 6.12. The van der Waals surface area contributed by atoms with Gasteiger partial charge in [0.05, 0.1) is 0 Å². The Labute approximate surface area is 99.6 Å². The summed E-state index contributed by atoms with van der Waals surface area (Å²) >= 11 is 1.68. The lowest BCUT2D eigenvalue weighted by Crippen LogP contribution is -1.92. The van der Waals surface area contributed by atoms with E-state index in [4.69, 9.17) is 0 Å². The Balaban J connectivity index is 2.14. The van der Waals surface area contributed by atoms with Gasteiger partial charge in [-0.15, -0.1) is 11.3 Å². The number of thiazole rings is 1. The van der Waals surface area contributed by atoms with Crippen LogP contribution in [0.15, 0.2) is 24.5 Å². The van der Waals surface area contributed by atoms with Gasteiger partial charge in [0, 0.05) is 17.3 Å². The van der Waals surface area contributed by atoms with E-state index in [1.807, 2.05) is 25.3 Å². The van der Waals surface area contributed by atoms with Crippen LogP contribution in [0.3, 0.4) is 0 Å². The lowest BCUT2D eigenvalue weighted by molar-refractivity contribution is 0.885. The van der Waals surface area contributed by atoms with Gasteiger partial charge in [-0.1, -0.05) is 13.8 Å². The maximum absolute atomic E-state index is 4.33. The van der Waals surface area contributed by atoms with Crippen LogP contribution in [0.5, 0.6) is 0 Å². The van der Waals surface area contributed by atoms with Gasteiger partial charge in [0.25, 0.3) is 0 Å². The van der Waals surface area contributed by atoms with E-state index in [9.17, 15) is 0 Å². The number of hydrogen-bond acceptors (Lipinski definition) is 4. The van der Waals surface area contributed by atoms with Crippen LogP contribution in [0.25, 0.3) is 0 Å². The number of nitrogens with zero attached hydrogens (tertiary/aromatic N) is 2. The number of nitrogens with one attached hydrogen (secondary N) is 1. The molecule has 16 heavy (non-hydrogen) atoms. The zero-order valence-corrected chi connectivity index (χ0v) is 10.5. The molecule has 0 aliphatic carbocycles. The first-order valence-electron chi connectivity index (χ1n) is 5.30. The predicted molar refractivity (Wildman–Crippen MR) is 68.5 cm³/mol. The summed E-state index contributed by atoms with van der Waals surface area (Å²) in [5, 5.41) is 4.12. The van der Waals surface area contributed by atoms with Crippen LogP contribution in [-0.4, -0.2) is 9.97 Å². The first kappa shape index (κ1) is 11.1. The summed E-state index contributed by atoms with van der Waals surface area (Å²) in [7, 11) is 0. The minimum Gasteiger partial charge on any atom is -0.316 e. The van der Waals surface area contributed by atoms with Crippen molar-refractivity contribution in [2.45, 2.75) is 26.7 Å². The number of anilines is 2.